The summed E-state index contributed by atoms with van der Waals surface area (Å²) in [4.78, 5) is 1.77. The topological polar surface area (TPSA) is 75.4 Å². The number of halogens is 2. The number of sulfonamides is 1. The van der Waals surface area contributed by atoms with Crippen LogP contribution in [0.4, 0.5) is 5.69 Å². The summed E-state index contributed by atoms with van der Waals surface area (Å²) in [7, 11) is -0.0562. The van der Waals surface area contributed by atoms with Gasteiger partial charge in [0.05, 0.1) is 10.0 Å². The Labute approximate surface area is 130 Å². The molecule has 1 aromatic rings. The molecular weight excluding hydrogens is 321 g/mol. The van der Waals surface area contributed by atoms with Crippen LogP contribution in [-0.2, 0) is 10.0 Å². The predicted molar refractivity (Wildman–Crippen MR) is 83.8 cm³/mol. The van der Waals surface area contributed by atoms with E-state index in [4.69, 9.17) is 28.9 Å². The van der Waals surface area contributed by atoms with Crippen molar-refractivity contribution in [3.63, 3.8) is 0 Å². The highest BCUT2D eigenvalue weighted by Gasteiger charge is 2.27. The van der Waals surface area contributed by atoms with Crippen molar-refractivity contribution in [3.05, 3.63) is 22.2 Å². The summed E-state index contributed by atoms with van der Waals surface area (Å²) < 4.78 is 27.1. The van der Waals surface area contributed by atoms with Crippen molar-refractivity contribution in [1.29, 1.82) is 0 Å². The number of hydrogen-bond donors (Lipinski definition) is 2. The fourth-order valence-corrected chi connectivity index (χ4v) is 3.77. The van der Waals surface area contributed by atoms with Crippen molar-refractivity contribution in [1.82, 2.24) is 9.62 Å². The molecule has 1 rings (SSSR count). The Hall–Kier alpha value is -0.530. The molecule has 0 unspecified atom stereocenters. The summed E-state index contributed by atoms with van der Waals surface area (Å²) in [6.07, 6.45) is 0. The van der Waals surface area contributed by atoms with E-state index in [1.807, 2.05) is 32.8 Å². The summed E-state index contributed by atoms with van der Waals surface area (Å²) in [6.45, 7) is 4.06. The molecule has 0 radical (unpaired) electrons. The Morgan fingerprint density at radius 1 is 1.25 bits per heavy atom. The molecule has 0 saturated heterocycles. The van der Waals surface area contributed by atoms with E-state index >= 15 is 0 Å². The van der Waals surface area contributed by atoms with Crippen LogP contribution in [0.3, 0.4) is 0 Å². The summed E-state index contributed by atoms with van der Waals surface area (Å²) >= 11 is 11.9. The van der Waals surface area contributed by atoms with Crippen molar-refractivity contribution < 1.29 is 8.42 Å². The summed E-state index contributed by atoms with van der Waals surface area (Å²) in [5.41, 5.74) is 5.53. The zero-order valence-corrected chi connectivity index (χ0v) is 14.2. The normalized spacial score (nSPS) is 12.9. The number of rotatable bonds is 5. The van der Waals surface area contributed by atoms with Crippen molar-refractivity contribution in [3.8, 4) is 0 Å². The van der Waals surface area contributed by atoms with Crippen LogP contribution in [0.1, 0.15) is 13.8 Å². The Morgan fingerprint density at radius 3 is 2.10 bits per heavy atom. The van der Waals surface area contributed by atoms with Gasteiger partial charge in [0.15, 0.2) is 0 Å². The van der Waals surface area contributed by atoms with Crippen molar-refractivity contribution in [2.75, 3.05) is 26.4 Å². The number of nitrogens with zero attached hydrogens (tertiary/aromatic N) is 1. The van der Waals surface area contributed by atoms with E-state index in [-0.39, 0.29) is 27.0 Å². The fraction of sp³-hybridized carbons (Fsp3) is 0.500. The molecule has 0 aliphatic heterocycles. The molecule has 0 aliphatic carbocycles. The molecule has 0 spiro atoms. The Kier molecular flexibility index (Phi) is 5.32. The maximum atomic E-state index is 12.3. The molecule has 0 bridgehead atoms. The number of nitrogens with two attached hydrogens (primary N) is 1. The highest BCUT2D eigenvalue weighted by Crippen LogP contribution is 2.31. The van der Waals surface area contributed by atoms with Crippen LogP contribution in [0.5, 0.6) is 0 Å². The highest BCUT2D eigenvalue weighted by atomic mass is 35.5. The molecule has 5 nitrogen and oxygen atoms in total. The van der Waals surface area contributed by atoms with Gasteiger partial charge in [0.25, 0.3) is 0 Å². The zero-order chi connectivity index (χ0) is 15.7. The van der Waals surface area contributed by atoms with Gasteiger partial charge in [0.1, 0.15) is 4.90 Å². The lowest BCUT2D eigenvalue weighted by atomic mass is 10.1. The summed E-state index contributed by atoms with van der Waals surface area (Å²) in [5, 5.41) is 0.00955. The molecule has 1 aromatic carbocycles. The minimum Gasteiger partial charge on any atom is -0.399 e. The maximum absolute atomic E-state index is 12.3. The second-order valence-corrected chi connectivity index (χ2v) is 7.86. The van der Waals surface area contributed by atoms with E-state index < -0.39 is 10.0 Å². The van der Waals surface area contributed by atoms with Gasteiger partial charge < -0.3 is 10.6 Å². The number of likely N-dealkylation sites (N-methyl/N-ethyl adjacent to an activating group) is 1. The van der Waals surface area contributed by atoms with Crippen LogP contribution in [0.15, 0.2) is 17.0 Å². The van der Waals surface area contributed by atoms with E-state index in [9.17, 15) is 8.42 Å². The lowest BCUT2D eigenvalue weighted by Gasteiger charge is -2.32. The molecule has 20 heavy (non-hydrogen) atoms. The minimum absolute atomic E-state index is 0.00478. The SMILES string of the molecule is CN(C)C(C)(C)CNS(=O)(=O)c1c(Cl)cc(N)cc1Cl. The first-order valence-corrected chi connectivity index (χ1v) is 8.13. The van der Waals surface area contributed by atoms with Gasteiger partial charge in [-0.1, -0.05) is 23.2 Å². The Balaban J connectivity index is 3.08. The number of benzene rings is 1. The monoisotopic (exact) mass is 339 g/mol. The molecular formula is C12H19Cl2N3O2S. The largest absolute Gasteiger partial charge is 0.399 e. The molecule has 0 atom stereocenters. The van der Waals surface area contributed by atoms with E-state index in [2.05, 4.69) is 4.72 Å². The molecule has 0 heterocycles. The van der Waals surface area contributed by atoms with Gasteiger partial charge in [-0.05, 0) is 40.1 Å². The lowest BCUT2D eigenvalue weighted by Crippen LogP contribution is -2.48. The van der Waals surface area contributed by atoms with E-state index in [0.717, 1.165) is 0 Å². The Bertz CT molecular complexity index is 578. The average Bonchev–Trinajstić information content (AvgIpc) is 2.24. The maximum Gasteiger partial charge on any atom is 0.243 e. The number of hydrogen-bond acceptors (Lipinski definition) is 4. The lowest BCUT2D eigenvalue weighted by molar-refractivity contribution is 0.199. The van der Waals surface area contributed by atoms with Gasteiger partial charge in [-0.25, -0.2) is 13.1 Å². The molecule has 114 valence electrons. The standard InChI is InChI=1S/C12H19Cl2N3O2S/c1-12(2,17(3)4)7-16-20(18,19)11-9(13)5-8(15)6-10(11)14/h5-6,16H,7,15H2,1-4H3. The van der Waals surface area contributed by atoms with Crippen molar-refractivity contribution >= 4 is 38.9 Å². The molecule has 3 N–H and O–H groups in total. The van der Waals surface area contributed by atoms with Crippen LogP contribution in [0, 0.1) is 0 Å². The first-order valence-electron chi connectivity index (χ1n) is 5.89. The molecule has 0 amide bonds. The van der Waals surface area contributed by atoms with Crippen LogP contribution < -0.4 is 10.5 Å². The molecule has 0 saturated carbocycles. The zero-order valence-electron chi connectivity index (χ0n) is 11.9. The molecule has 0 aliphatic rings. The molecule has 0 fully saturated rings. The molecule has 0 aromatic heterocycles. The fourth-order valence-electron chi connectivity index (χ4n) is 1.34. The van der Waals surface area contributed by atoms with Gasteiger partial charge >= 0.3 is 0 Å². The third-order valence-corrected chi connectivity index (χ3v) is 5.52. The van der Waals surface area contributed by atoms with Gasteiger partial charge in [-0.3, -0.25) is 0 Å². The van der Waals surface area contributed by atoms with Crippen LogP contribution >= 0.6 is 23.2 Å². The third-order valence-electron chi connectivity index (χ3n) is 3.19. The van der Waals surface area contributed by atoms with Crippen molar-refractivity contribution in [2.24, 2.45) is 0 Å². The number of anilines is 1. The smallest absolute Gasteiger partial charge is 0.243 e. The predicted octanol–water partition coefficient (Wildman–Crippen LogP) is 2.19. The number of nitrogens with one attached hydrogen (secondary N) is 1. The minimum atomic E-state index is -3.80. The van der Waals surface area contributed by atoms with E-state index in [1.165, 1.54) is 12.1 Å². The van der Waals surface area contributed by atoms with Gasteiger partial charge in [-0.15, -0.1) is 0 Å². The van der Waals surface area contributed by atoms with E-state index in [1.54, 1.807) is 0 Å². The van der Waals surface area contributed by atoms with E-state index in [0.29, 0.717) is 5.69 Å². The first kappa shape index (κ1) is 17.5. The van der Waals surface area contributed by atoms with Crippen LogP contribution in [0.25, 0.3) is 0 Å². The van der Waals surface area contributed by atoms with Crippen LogP contribution in [-0.4, -0.2) is 39.5 Å². The Morgan fingerprint density at radius 2 is 1.70 bits per heavy atom. The third kappa shape index (κ3) is 3.99. The average molecular weight is 340 g/mol. The van der Waals surface area contributed by atoms with Crippen LogP contribution in [0.2, 0.25) is 10.0 Å². The summed E-state index contributed by atoms with van der Waals surface area (Å²) in [5.74, 6) is 0. The molecule has 8 heteroatoms. The highest BCUT2D eigenvalue weighted by molar-refractivity contribution is 7.89. The second-order valence-electron chi connectivity index (χ2n) is 5.35. The second kappa shape index (κ2) is 6.07. The van der Waals surface area contributed by atoms with Crippen molar-refractivity contribution in [2.45, 2.75) is 24.3 Å². The van der Waals surface area contributed by atoms with Gasteiger partial charge in [-0.2, -0.15) is 0 Å². The van der Waals surface area contributed by atoms with Gasteiger partial charge in [0, 0.05) is 17.8 Å². The van der Waals surface area contributed by atoms with Gasteiger partial charge in [0.2, 0.25) is 10.0 Å². The first-order chi connectivity index (χ1) is 8.97. The quantitative estimate of drug-likeness (QED) is 0.806. The number of nitrogen functional groups attached to an aromatic ring is 1. The summed E-state index contributed by atoms with van der Waals surface area (Å²) in [6, 6.07) is 2.72.